The van der Waals surface area contributed by atoms with Gasteiger partial charge in [-0.05, 0) is 43.3 Å². The van der Waals surface area contributed by atoms with Crippen LogP contribution in [0.3, 0.4) is 0 Å². The molecule has 0 amide bonds. The van der Waals surface area contributed by atoms with Crippen LogP contribution in [-0.4, -0.2) is 53.0 Å². The number of rotatable bonds is 11. The maximum atomic E-state index is 6.19. The van der Waals surface area contributed by atoms with Gasteiger partial charge in [-0.3, -0.25) is 4.68 Å². The van der Waals surface area contributed by atoms with Crippen LogP contribution in [-0.2, 0) is 11.8 Å². The Morgan fingerprint density at radius 2 is 1.79 bits per heavy atom. The molecule has 154 valence electrons. The van der Waals surface area contributed by atoms with Crippen molar-refractivity contribution >= 4 is 11.6 Å². The molecule has 2 aromatic carbocycles. The van der Waals surface area contributed by atoms with Gasteiger partial charge in [0.2, 0.25) is 0 Å². The van der Waals surface area contributed by atoms with Gasteiger partial charge in [0.25, 0.3) is 0 Å². The molecule has 1 aromatic heterocycles. The highest BCUT2D eigenvalue weighted by Gasteiger charge is 2.19. The van der Waals surface area contributed by atoms with Crippen LogP contribution < -0.4 is 4.74 Å². The predicted molar refractivity (Wildman–Crippen MR) is 114 cm³/mol. The molecule has 0 aliphatic rings. The molecule has 0 N–H and O–H groups in total. The van der Waals surface area contributed by atoms with Crippen molar-refractivity contribution in [3.63, 3.8) is 0 Å². The fraction of sp³-hybridized carbons (Fsp3) is 0.364. The minimum Gasteiger partial charge on any atom is -0.492 e. The van der Waals surface area contributed by atoms with Gasteiger partial charge in [-0.25, -0.2) is 4.98 Å². The Bertz CT molecular complexity index is 855. The number of likely N-dealkylation sites (N-methyl/N-ethyl adjacent to an activating group) is 1. The lowest BCUT2D eigenvalue weighted by Crippen LogP contribution is -2.26. The quantitative estimate of drug-likeness (QED) is 0.444. The Morgan fingerprint density at radius 3 is 2.48 bits per heavy atom. The first-order valence-electron chi connectivity index (χ1n) is 9.71. The molecule has 1 heterocycles. The van der Waals surface area contributed by atoms with Gasteiger partial charge in [-0.1, -0.05) is 41.9 Å². The number of hydrogen-bond donors (Lipinski definition) is 0. The van der Waals surface area contributed by atoms with E-state index in [1.54, 1.807) is 11.0 Å². The van der Waals surface area contributed by atoms with Crippen molar-refractivity contribution in [3.05, 3.63) is 77.3 Å². The highest BCUT2D eigenvalue weighted by atomic mass is 35.5. The third-order valence-electron chi connectivity index (χ3n) is 4.61. The molecule has 0 bridgehead atoms. The summed E-state index contributed by atoms with van der Waals surface area (Å²) < 4.78 is 13.7. The van der Waals surface area contributed by atoms with Crippen molar-refractivity contribution in [1.29, 1.82) is 0 Å². The van der Waals surface area contributed by atoms with E-state index in [-0.39, 0.29) is 6.10 Å². The minimum atomic E-state index is -0.272. The zero-order valence-corrected chi connectivity index (χ0v) is 17.6. The molecular weight excluding hydrogens is 388 g/mol. The van der Waals surface area contributed by atoms with E-state index in [9.17, 15) is 0 Å². The molecular formula is C22H27ClN4O2. The van der Waals surface area contributed by atoms with Gasteiger partial charge in [0, 0.05) is 31.8 Å². The van der Waals surface area contributed by atoms with Gasteiger partial charge in [0.1, 0.15) is 24.8 Å². The van der Waals surface area contributed by atoms with E-state index in [4.69, 9.17) is 21.1 Å². The van der Waals surface area contributed by atoms with E-state index >= 15 is 0 Å². The van der Waals surface area contributed by atoms with E-state index in [1.165, 1.54) is 0 Å². The van der Waals surface area contributed by atoms with Crippen molar-refractivity contribution in [2.24, 2.45) is 7.05 Å². The first-order chi connectivity index (χ1) is 14.1. The smallest absolute Gasteiger partial charge is 0.160 e. The van der Waals surface area contributed by atoms with Crippen LogP contribution >= 0.6 is 11.6 Å². The van der Waals surface area contributed by atoms with Crippen molar-refractivity contribution in [3.8, 4) is 5.75 Å². The summed E-state index contributed by atoms with van der Waals surface area (Å²) in [6.07, 6.45) is 2.18. The number of hydrogen-bond acceptors (Lipinski definition) is 5. The molecule has 29 heavy (non-hydrogen) atoms. The lowest BCUT2D eigenvalue weighted by molar-refractivity contribution is 0.0647. The predicted octanol–water partition coefficient (Wildman–Crippen LogP) is 3.98. The standard InChI is InChI=1S/C22H27ClN4O2/c1-26(14-16-28-20-7-4-3-5-8-20)13-6-15-29-21(22-24-17-25-27(22)2)18-9-11-19(23)12-10-18/h3-5,7-12,17,21H,6,13-16H2,1-2H3. The van der Waals surface area contributed by atoms with E-state index in [1.807, 2.05) is 61.6 Å². The average Bonchev–Trinajstić information content (AvgIpc) is 3.15. The molecule has 0 saturated carbocycles. The fourth-order valence-corrected chi connectivity index (χ4v) is 3.11. The molecule has 1 unspecified atom stereocenters. The molecule has 0 fully saturated rings. The summed E-state index contributed by atoms with van der Waals surface area (Å²) in [6.45, 7) is 3.06. The second-order valence-electron chi connectivity index (χ2n) is 6.86. The van der Waals surface area contributed by atoms with Gasteiger partial charge in [0.05, 0.1) is 0 Å². The molecule has 0 saturated heterocycles. The maximum absolute atomic E-state index is 6.19. The van der Waals surface area contributed by atoms with Crippen LogP contribution in [0.15, 0.2) is 60.9 Å². The van der Waals surface area contributed by atoms with Gasteiger partial charge >= 0.3 is 0 Å². The van der Waals surface area contributed by atoms with Crippen LogP contribution in [0.1, 0.15) is 23.9 Å². The number of halogens is 1. The van der Waals surface area contributed by atoms with Crippen LogP contribution in [0.4, 0.5) is 0 Å². The van der Waals surface area contributed by atoms with Crippen molar-refractivity contribution in [1.82, 2.24) is 19.7 Å². The number of benzene rings is 2. The molecule has 0 aliphatic carbocycles. The molecule has 1 atom stereocenters. The number of aryl methyl sites for hydroxylation is 1. The summed E-state index contributed by atoms with van der Waals surface area (Å²) in [5.74, 6) is 1.68. The van der Waals surface area contributed by atoms with Crippen LogP contribution in [0.5, 0.6) is 5.75 Å². The summed E-state index contributed by atoms with van der Waals surface area (Å²) >= 11 is 6.03. The summed E-state index contributed by atoms with van der Waals surface area (Å²) in [5.41, 5.74) is 1.01. The van der Waals surface area contributed by atoms with Crippen LogP contribution in [0.2, 0.25) is 5.02 Å². The number of ether oxygens (including phenoxy) is 2. The summed E-state index contributed by atoms with van der Waals surface area (Å²) in [4.78, 5) is 6.61. The average molecular weight is 415 g/mol. The first-order valence-corrected chi connectivity index (χ1v) is 10.1. The lowest BCUT2D eigenvalue weighted by Gasteiger charge is -2.20. The Hall–Kier alpha value is -2.41. The van der Waals surface area contributed by atoms with Gasteiger partial charge in [-0.2, -0.15) is 5.10 Å². The molecule has 6 nitrogen and oxygen atoms in total. The Balaban J connectivity index is 1.45. The number of aromatic nitrogens is 3. The maximum Gasteiger partial charge on any atom is 0.160 e. The summed E-state index contributed by atoms with van der Waals surface area (Å²) in [5, 5.41) is 4.87. The molecule has 0 spiro atoms. The van der Waals surface area contributed by atoms with Gasteiger partial charge < -0.3 is 14.4 Å². The van der Waals surface area contributed by atoms with Crippen molar-refractivity contribution < 1.29 is 9.47 Å². The minimum absolute atomic E-state index is 0.272. The summed E-state index contributed by atoms with van der Waals surface area (Å²) in [6, 6.07) is 17.5. The van der Waals surface area contributed by atoms with E-state index in [2.05, 4.69) is 22.0 Å². The van der Waals surface area contributed by atoms with Gasteiger partial charge in [-0.15, -0.1) is 0 Å². The second-order valence-corrected chi connectivity index (χ2v) is 7.30. The Kier molecular flexibility index (Phi) is 8.04. The van der Waals surface area contributed by atoms with Gasteiger partial charge in [0.15, 0.2) is 5.82 Å². The monoisotopic (exact) mass is 414 g/mol. The Labute approximate surface area is 177 Å². The number of para-hydroxylation sites is 1. The van der Waals surface area contributed by atoms with E-state index in [0.717, 1.165) is 36.6 Å². The first kappa shape index (κ1) is 21.3. The molecule has 7 heteroatoms. The lowest BCUT2D eigenvalue weighted by atomic mass is 10.1. The van der Waals surface area contributed by atoms with Crippen LogP contribution in [0.25, 0.3) is 0 Å². The van der Waals surface area contributed by atoms with Crippen LogP contribution in [0, 0.1) is 0 Å². The largest absolute Gasteiger partial charge is 0.492 e. The fourth-order valence-electron chi connectivity index (χ4n) is 2.98. The normalized spacial score (nSPS) is 12.3. The third-order valence-corrected chi connectivity index (χ3v) is 4.86. The summed E-state index contributed by atoms with van der Waals surface area (Å²) in [7, 11) is 3.96. The molecule has 3 aromatic rings. The molecule has 0 radical (unpaired) electrons. The highest BCUT2D eigenvalue weighted by Crippen LogP contribution is 2.25. The number of nitrogens with zero attached hydrogens (tertiary/aromatic N) is 4. The highest BCUT2D eigenvalue weighted by molar-refractivity contribution is 6.30. The Morgan fingerprint density at radius 1 is 1.03 bits per heavy atom. The zero-order valence-electron chi connectivity index (χ0n) is 16.9. The topological polar surface area (TPSA) is 52.4 Å². The second kappa shape index (κ2) is 11.0. The van der Waals surface area contributed by atoms with E-state index in [0.29, 0.717) is 18.2 Å². The zero-order chi connectivity index (χ0) is 20.5. The van der Waals surface area contributed by atoms with Crippen molar-refractivity contribution in [2.45, 2.75) is 12.5 Å². The molecule has 0 aliphatic heterocycles. The van der Waals surface area contributed by atoms with E-state index < -0.39 is 0 Å². The third kappa shape index (κ3) is 6.56. The van der Waals surface area contributed by atoms with Crippen molar-refractivity contribution in [2.75, 3.05) is 33.4 Å². The molecule has 3 rings (SSSR count). The SMILES string of the molecule is CN(CCCOC(c1ccc(Cl)cc1)c1ncnn1C)CCOc1ccccc1.